The molecular formula is C36H34NNaO4. The SMILES string of the molecule is Cc1ccc(-c2ccc(O[C@H](Cc3ccccc3)C(=O)[O-])cc2)n1-c1ccc(OCCCCc2ccccc2)cc1.[Na+]. The number of unbranched alkanes of at least 4 members (excludes halogenated alkanes) is 1. The first-order valence-electron chi connectivity index (χ1n) is 14.0. The van der Waals surface area contributed by atoms with Gasteiger partial charge in [0.25, 0.3) is 0 Å². The zero-order chi connectivity index (χ0) is 28.4. The molecule has 0 spiro atoms. The summed E-state index contributed by atoms with van der Waals surface area (Å²) in [5.74, 6) is 0.111. The minimum Gasteiger partial charge on any atom is -0.546 e. The fraction of sp³-hybridized carbons (Fsp3) is 0.194. The predicted octanol–water partition coefficient (Wildman–Crippen LogP) is 3.60. The van der Waals surface area contributed by atoms with Crippen molar-refractivity contribution in [3.63, 3.8) is 0 Å². The standard InChI is InChI=1S/C36H35NO4.Na/c1-27-15-24-34(30-16-20-33(21-17-30)41-35(36(38)39)26-29-13-6-3-7-14-29)37(27)31-18-22-32(23-19-31)40-25-9-8-12-28-10-4-2-5-11-28;/h2-7,10-11,13-24,35H,8-9,12,25-26H2,1H3,(H,38,39);/q;+1/p-1/t35-;/m1./s1. The van der Waals surface area contributed by atoms with E-state index in [1.807, 2.05) is 60.7 Å². The molecule has 0 aliphatic carbocycles. The molecule has 1 aromatic heterocycles. The summed E-state index contributed by atoms with van der Waals surface area (Å²) in [6, 6.07) is 39.8. The van der Waals surface area contributed by atoms with Crippen molar-refractivity contribution in [3.05, 3.63) is 138 Å². The quantitative estimate of drug-likeness (QED) is 0.161. The van der Waals surface area contributed by atoms with E-state index in [0.29, 0.717) is 12.4 Å². The Morgan fingerprint density at radius 2 is 1.36 bits per heavy atom. The molecule has 0 fully saturated rings. The summed E-state index contributed by atoms with van der Waals surface area (Å²) >= 11 is 0. The maximum Gasteiger partial charge on any atom is 1.00 e. The Bertz CT molecular complexity index is 1530. The summed E-state index contributed by atoms with van der Waals surface area (Å²) in [5.41, 5.74) is 6.42. The minimum atomic E-state index is -1.23. The van der Waals surface area contributed by atoms with Crippen LogP contribution in [0, 0.1) is 6.92 Å². The van der Waals surface area contributed by atoms with Gasteiger partial charge in [0.05, 0.1) is 18.3 Å². The van der Waals surface area contributed by atoms with Crippen LogP contribution in [0.4, 0.5) is 0 Å². The number of aromatic nitrogens is 1. The summed E-state index contributed by atoms with van der Waals surface area (Å²) in [5, 5.41) is 11.7. The Labute approximate surface area is 270 Å². The van der Waals surface area contributed by atoms with Crippen LogP contribution < -0.4 is 44.1 Å². The van der Waals surface area contributed by atoms with Crippen molar-refractivity contribution in [1.82, 2.24) is 4.57 Å². The minimum absolute atomic E-state index is 0. The second-order valence-electron chi connectivity index (χ2n) is 10.1. The first kappa shape index (κ1) is 31.2. The normalized spacial score (nSPS) is 11.4. The molecule has 0 N–H and O–H groups in total. The van der Waals surface area contributed by atoms with E-state index >= 15 is 0 Å². The average Bonchev–Trinajstić information content (AvgIpc) is 3.39. The molecule has 208 valence electrons. The number of rotatable bonds is 13. The number of carbonyl (C=O) groups excluding carboxylic acids is 1. The molecule has 0 amide bonds. The van der Waals surface area contributed by atoms with Gasteiger partial charge in [-0.3, -0.25) is 0 Å². The number of aryl methyl sites for hydroxylation is 2. The molecule has 1 heterocycles. The summed E-state index contributed by atoms with van der Waals surface area (Å²) in [4.78, 5) is 11.7. The second kappa shape index (κ2) is 15.5. The summed E-state index contributed by atoms with van der Waals surface area (Å²) in [6.07, 6.45) is 2.34. The Morgan fingerprint density at radius 1 is 0.738 bits per heavy atom. The van der Waals surface area contributed by atoms with Gasteiger partial charge < -0.3 is 23.9 Å². The van der Waals surface area contributed by atoms with E-state index in [0.717, 1.165) is 53.2 Å². The van der Waals surface area contributed by atoms with Gasteiger partial charge in [0.15, 0.2) is 0 Å². The maximum absolute atomic E-state index is 11.7. The van der Waals surface area contributed by atoms with E-state index < -0.39 is 12.1 Å². The monoisotopic (exact) mass is 567 g/mol. The van der Waals surface area contributed by atoms with Gasteiger partial charge in [0, 0.05) is 17.8 Å². The first-order chi connectivity index (χ1) is 20.1. The first-order valence-corrected chi connectivity index (χ1v) is 14.0. The number of ether oxygens (including phenoxy) is 2. The average molecular weight is 568 g/mol. The smallest absolute Gasteiger partial charge is 0.546 e. The van der Waals surface area contributed by atoms with Crippen LogP contribution in [0.1, 0.15) is 29.7 Å². The molecule has 0 radical (unpaired) electrons. The second-order valence-corrected chi connectivity index (χ2v) is 10.1. The van der Waals surface area contributed by atoms with Crippen molar-refractivity contribution in [2.24, 2.45) is 0 Å². The third-order valence-electron chi connectivity index (χ3n) is 7.10. The van der Waals surface area contributed by atoms with Gasteiger partial charge in [-0.1, -0.05) is 60.7 Å². The zero-order valence-corrected chi connectivity index (χ0v) is 26.2. The van der Waals surface area contributed by atoms with Gasteiger partial charge in [0.2, 0.25) is 0 Å². The van der Waals surface area contributed by atoms with Crippen LogP contribution in [-0.2, 0) is 17.6 Å². The molecule has 6 heteroatoms. The van der Waals surface area contributed by atoms with Gasteiger partial charge in [-0.2, -0.15) is 0 Å². The van der Waals surface area contributed by atoms with Crippen molar-refractivity contribution < 1.29 is 48.9 Å². The Balaban J connectivity index is 0.00000405. The molecular weight excluding hydrogens is 533 g/mol. The Kier molecular flexibility index (Phi) is 11.5. The van der Waals surface area contributed by atoms with Crippen LogP contribution in [0.5, 0.6) is 11.5 Å². The number of hydrogen-bond acceptors (Lipinski definition) is 4. The molecule has 0 aliphatic heterocycles. The van der Waals surface area contributed by atoms with Crippen LogP contribution in [-0.4, -0.2) is 23.2 Å². The van der Waals surface area contributed by atoms with Crippen molar-refractivity contribution in [2.45, 2.75) is 38.7 Å². The molecule has 42 heavy (non-hydrogen) atoms. The van der Waals surface area contributed by atoms with E-state index in [9.17, 15) is 9.90 Å². The molecule has 1 atom stereocenters. The number of carboxylic acids is 1. The fourth-order valence-corrected chi connectivity index (χ4v) is 4.93. The molecule has 0 saturated carbocycles. The zero-order valence-electron chi connectivity index (χ0n) is 24.2. The number of nitrogens with zero attached hydrogens (tertiary/aromatic N) is 1. The van der Waals surface area contributed by atoms with Gasteiger partial charge in [-0.15, -0.1) is 0 Å². The van der Waals surface area contributed by atoms with Crippen molar-refractivity contribution >= 4 is 5.97 Å². The molecule has 4 aromatic carbocycles. The summed E-state index contributed by atoms with van der Waals surface area (Å²) in [7, 11) is 0. The number of benzene rings is 4. The van der Waals surface area contributed by atoms with E-state index in [-0.39, 0.29) is 36.0 Å². The number of carbonyl (C=O) groups is 1. The van der Waals surface area contributed by atoms with Crippen LogP contribution in [0.3, 0.4) is 0 Å². The fourth-order valence-electron chi connectivity index (χ4n) is 4.93. The van der Waals surface area contributed by atoms with Gasteiger partial charge >= 0.3 is 29.6 Å². The van der Waals surface area contributed by atoms with Crippen LogP contribution in [0.15, 0.2) is 121 Å². The number of carboxylic acid groups (broad SMARTS) is 1. The Morgan fingerprint density at radius 3 is 2.00 bits per heavy atom. The van der Waals surface area contributed by atoms with Crippen LogP contribution in [0.2, 0.25) is 0 Å². The third kappa shape index (κ3) is 8.39. The van der Waals surface area contributed by atoms with Gasteiger partial charge in [-0.05, 0) is 104 Å². The number of aliphatic carboxylic acids is 1. The molecule has 5 aromatic rings. The molecule has 5 rings (SSSR count). The van der Waals surface area contributed by atoms with Gasteiger partial charge in [-0.25, -0.2) is 0 Å². The van der Waals surface area contributed by atoms with E-state index in [1.54, 1.807) is 12.1 Å². The van der Waals surface area contributed by atoms with Crippen LogP contribution >= 0.6 is 0 Å². The van der Waals surface area contributed by atoms with Crippen molar-refractivity contribution in [3.8, 4) is 28.4 Å². The molecule has 0 saturated heterocycles. The molecule has 5 nitrogen and oxygen atoms in total. The molecule has 0 aliphatic rings. The third-order valence-corrected chi connectivity index (χ3v) is 7.10. The van der Waals surface area contributed by atoms with E-state index in [4.69, 9.17) is 9.47 Å². The van der Waals surface area contributed by atoms with Gasteiger partial charge in [0.1, 0.15) is 17.6 Å². The topological polar surface area (TPSA) is 63.5 Å². The van der Waals surface area contributed by atoms with Crippen molar-refractivity contribution in [2.75, 3.05) is 6.61 Å². The van der Waals surface area contributed by atoms with Crippen molar-refractivity contribution in [1.29, 1.82) is 0 Å². The summed E-state index contributed by atoms with van der Waals surface area (Å²) in [6.45, 7) is 2.77. The largest absolute Gasteiger partial charge is 1.00 e. The van der Waals surface area contributed by atoms with E-state index in [2.05, 4.69) is 60.0 Å². The Hall–Kier alpha value is -3.77. The van der Waals surface area contributed by atoms with E-state index in [1.165, 1.54) is 5.56 Å². The van der Waals surface area contributed by atoms with Crippen LogP contribution in [0.25, 0.3) is 16.9 Å². The molecule has 0 unspecified atom stereocenters. The molecule has 0 bridgehead atoms. The summed E-state index contributed by atoms with van der Waals surface area (Å²) < 4.78 is 14.0. The number of hydrogen-bond donors (Lipinski definition) is 0. The predicted molar refractivity (Wildman–Crippen MR) is 160 cm³/mol. The maximum atomic E-state index is 11.7.